The zero-order valence-corrected chi connectivity index (χ0v) is 23.0. The van der Waals surface area contributed by atoms with E-state index in [2.05, 4.69) is 20.0 Å². The van der Waals surface area contributed by atoms with Gasteiger partial charge in [-0.2, -0.15) is 4.98 Å². The van der Waals surface area contributed by atoms with E-state index in [9.17, 15) is 9.00 Å². The summed E-state index contributed by atoms with van der Waals surface area (Å²) in [5, 5.41) is 5.06. The molecular formula is C30H31FN6O2S. The van der Waals surface area contributed by atoms with Crippen LogP contribution in [0.5, 0.6) is 0 Å². The molecule has 0 saturated carbocycles. The van der Waals surface area contributed by atoms with Crippen LogP contribution in [0.25, 0.3) is 32.9 Å². The van der Waals surface area contributed by atoms with Gasteiger partial charge < -0.3 is 15.8 Å². The van der Waals surface area contributed by atoms with Gasteiger partial charge in [0, 0.05) is 29.6 Å². The fourth-order valence-electron chi connectivity index (χ4n) is 4.80. The van der Waals surface area contributed by atoms with Crippen LogP contribution in [-0.4, -0.2) is 31.8 Å². The van der Waals surface area contributed by atoms with Crippen molar-refractivity contribution in [1.29, 1.82) is 0 Å². The fraction of sp³-hybridized carbons (Fsp3) is 0.233. The Hall–Kier alpha value is -4.15. The second-order valence-electron chi connectivity index (χ2n) is 9.64. The number of fused-ring (bicyclic) bond motifs is 2. The molecule has 3 heterocycles. The molecule has 0 aliphatic carbocycles. The Morgan fingerprint density at radius 3 is 2.38 bits per heavy atom. The molecule has 1 aliphatic rings. The number of anilines is 2. The van der Waals surface area contributed by atoms with E-state index in [-0.39, 0.29) is 22.9 Å². The van der Waals surface area contributed by atoms with E-state index in [1.54, 1.807) is 31.3 Å². The first-order chi connectivity index (χ1) is 19.4. The van der Waals surface area contributed by atoms with Crippen LogP contribution < -0.4 is 21.3 Å². The smallest absolute Gasteiger partial charge is 0.259 e. The minimum Gasteiger partial charge on any atom is -0.368 e. The number of aryl methyl sites for hydroxylation is 1. The highest BCUT2D eigenvalue weighted by atomic mass is 32.2. The summed E-state index contributed by atoms with van der Waals surface area (Å²) in [6, 6.07) is 19.4. The van der Waals surface area contributed by atoms with Gasteiger partial charge in [-0.25, -0.2) is 13.6 Å². The zero-order valence-electron chi connectivity index (χ0n) is 22.2. The molecule has 1 atom stereocenters. The molecule has 0 bridgehead atoms. The number of aromatic nitrogens is 3. The standard InChI is InChI=1S/C25H20FN5O2S.C5H11N/c1-31-23-16(13-28-25(27)29-23)11-20(24(31)32)19-12-21(26)22(18-10-6-5-9-17(18)19)30-34(33)14-15-7-3-2-4-8-15;1-2-4-6-5-3-1/h2-13,30H,14H2,1H3,(H2,27,28,29);6H,1-5H2. The van der Waals surface area contributed by atoms with Gasteiger partial charge in [0.2, 0.25) is 5.95 Å². The summed E-state index contributed by atoms with van der Waals surface area (Å²) in [4.78, 5) is 21.3. The average Bonchev–Trinajstić information content (AvgIpc) is 2.98. The number of benzene rings is 3. The number of hydrogen-bond acceptors (Lipinski definition) is 6. The van der Waals surface area contributed by atoms with Crippen molar-refractivity contribution >= 4 is 44.4 Å². The Bertz CT molecular complexity index is 1730. The number of piperidine rings is 1. The molecule has 206 valence electrons. The van der Waals surface area contributed by atoms with Crippen LogP contribution in [0.2, 0.25) is 0 Å². The molecule has 3 aromatic carbocycles. The average molecular weight is 559 g/mol. The van der Waals surface area contributed by atoms with Crippen LogP contribution in [0, 0.1) is 5.82 Å². The maximum atomic E-state index is 15.4. The van der Waals surface area contributed by atoms with Crippen LogP contribution in [0.3, 0.4) is 0 Å². The largest absolute Gasteiger partial charge is 0.368 e. The van der Waals surface area contributed by atoms with Crippen molar-refractivity contribution in [1.82, 2.24) is 19.9 Å². The summed E-state index contributed by atoms with van der Waals surface area (Å²) in [7, 11) is 0.0326. The maximum absolute atomic E-state index is 15.4. The molecule has 1 aliphatic heterocycles. The van der Waals surface area contributed by atoms with Gasteiger partial charge in [0.1, 0.15) is 22.5 Å². The van der Waals surface area contributed by atoms with Gasteiger partial charge in [-0.3, -0.25) is 9.36 Å². The normalized spacial score (nSPS) is 13.9. The molecule has 2 aromatic heterocycles. The quantitative estimate of drug-likeness (QED) is 0.283. The second kappa shape index (κ2) is 12.4. The maximum Gasteiger partial charge on any atom is 0.259 e. The van der Waals surface area contributed by atoms with Gasteiger partial charge in [-0.15, -0.1) is 0 Å². The lowest BCUT2D eigenvalue weighted by atomic mass is 9.97. The number of hydrogen-bond donors (Lipinski definition) is 3. The number of nitrogen functional groups attached to an aromatic ring is 1. The van der Waals surface area contributed by atoms with Gasteiger partial charge in [-0.1, -0.05) is 61.0 Å². The molecule has 0 spiro atoms. The molecule has 40 heavy (non-hydrogen) atoms. The summed E-state index contributed by atoms with van der Waals surface area (Å²) in [6.07, 6.45) is 5.74. The lowest BCUT2D eigenvalue weighted by Gasteiger charge is -2.15. The molecule has 5 aromatic rings. The van der Waals surface area contributed by atoms with Crippen LogP contribution in [0.15, 0.2) is 77.7 Å². The number of rotatable bonds is 5. The molecule has 4 N–H and O–H groups in total. The summed E-state index contributed by atoms with van der Waals surface area (Å²) in [5.74, 6) is -0.318. The van der Waals surface area contributed by atoms with Crippen molar-refractivity contribution in [2.45, 2.75) is 25.0 Å². The highest BCUT2D eigenvalue weighted by Gasteiger charge is 2.19. The van der Waals surface area contributed by atoms with Crippen LogP contribution in [0.4, 0.5) is 16.0 Å². The zero-order chi connectivity index (χ0) is 28.1. The summed E-state index contributed by atoms with van der Waals surface area (Å²) >= 11 is 0. The van der Waals surface area contributed by atoms with E-state index in [1.807, 2.05) is 36.4 Å². The van der Waals surface area contributed by atoms with Crippen LogP contribution in [-0.2, 0) is 23.8 Å². The van der Waals surface area contributed by atoms with E-state index in [4.69, 9.17) is 5.73 Å². The molecule has 10 heteroatoms. The van der Waals surface area contributed by atoms with Crippen LogP contribution in [0.1, 0.15) is 24.8 Å². The summed E-state index contributed by atoms with van der Waals surface area (Å²) in [5.41, 5.74) is 7.44. The van der Waals surface area contributed by atoms with E-state index in [0.717, 1.165) is 5.56 Å². The molecule has 0 amide bonds. The highest BCUT2D eigenvalue weighted by molar-refractivity contribution is 7.85. The third kappa shape index (κ3) is 6.03. The van der Waals surface area contributed by atoms with Crippen LogP contribution >= 0.6 is 0 Å². The minimum absolute atomic E-state index is 0.0608. The first-order valence-corrected chi connectivity index (χ1v) is 14.5. The molecular weight excluding hydrogens is 527 g/mol. The third-order valence-corrected chi connectivity index (χ3v) is 7.84. The first-order valence-electron chi connectivity index (χ1n) is 13.2. The molecule has 1 saturated heterocycles. The van der Waals surface area contributed by atoms with E-state index < -0.39 is 16.8 Å². The van der Waals surface area contributed by atoms with E-state index >= 15 is 4.39 Å². The van der Waals surface area contributed by atoms with Gasteiger partial charge in [-0.05, 0) is 54.6 Å². The van der Waals surface area contributed by atoms with Crippen molar-refractivity contribution in [3.05, 3.63) is 94.7 Å². The van der Waals surface area contributed by atoms with Gasteiger partial charge in [0.05, 0.1) is 11.4 Å². The Morgan fingerprint density at radius 2 is 1.70 bits per heavy atom. The molecule has 8 nitrogen and oxygen atoms in total. The lowest BCUT2D eigenvalue weighted by Crippen LogP contribution is -2.21. The second-order valence-corrected chi connectivity index (χ2v) is 10.8. The third-order valence-electron chi connectivity index (χ3n) is 6.82. The lowest BCUT2D eigenvalue weighted by molar-refractivity contribution is 0.520. The number of nitrogens with one attached hydrogen (secondary N) is 2. The number of halogens is 1. The Morgan fingerprint density at radius 1 is 1.00 bits per heavy atom. The van der Waals surface area contributed by atoms with Gasteiger partial charge in [0.25, 0.3) is 5.56 Å². The predicted molar refractivity (Wildman–Crippen MR) is 161 cm³/mol. The fourth-order valence-corrected chi connectivity index (χ4v) is 5.80. The predicted octanol–water partition coefficient (Wildman–Crippen LogP) is 4.91. The SMILES string of the molecule is C1CCNCC1.Cn1c(=O)c(-c2cc(F)c(NS(=O)Cc3ccccc3)c3ccccc23)cc2cnc(N)nc21. The molecule has 0 radical (unpaired) electrons. The Balaban J connectivity index is 0.000000477. The number of nitrogens with two attached hydrogens (primary N) is 1. The monoisotopic (exact) mass is 558 g/mol. The van der Waals surface area contributed by atoms with Crippen molar-refractivity contribution < 1.29 is 8.60 Å². The molecule has 1 fully saturated rings. The summed E-state index contributed by atoms with van der Waals surface area (Å²) < 4.78 is 32.4. The van der Waals surface area contributed by atoms with E-state index in [0.29, 0.717) is 32.9 Å². The van der Waals surface area contributed by atoms with Crippen molar-refractivity contribution in [3.63, 3.8) is 0 Å². The van der Waals surface area contributed by atoms with Crippen molar-refractivity contribution in [2.75, 3.05) is 23.5 Å². The van der Waals surface area contributed by atoms with E-state index in [1.165, 1.54) is 49.2 Å². The molecule has 6 rings (SSSR count). The minimum atomic E-state index is -1.55. The highest BCUT2D eigenvalue weighted by Crippen LogP contribution is 2.35. The molecule has 1 unspecified atom stereocenters. The first kappa shape index (κ1) is 27.4. The Kier molecular flexibility index (Phi) is 8.47. The van der Waals surface area contributed by atoms with Gasteiger partial charge >= 0.3 is 0 Å². The van der Waals surface area contributed by atoms with Crippen molar-refractivity contribution in [2.24, 2.45) is 7.05 Å². The number of pyridine rings is 1. The summed E-state index contributed by atoms with van der Waals surface area (Å²) in [6.45, 7) is 2.50. The Labute approximate surface area is 234 Å². The van der Waals surface area contributed by atoms with Crippen molar-refractivity contribution in [3.8, 4) is 11.1 Å². The number of nitrogens with zero attached hydrogens (tertiary/aromatic N) is 3. The van der Waals surface area contributed by atoms with Gasteiger partial charge in [0.15, 0.2) is 0 Å². The topological polar surface area (TPSA) is 115 Å².